The zero-order valence-electron chi connectivity index (χ0n) is 6.26. The number of carbonyl (C=O) groups is 1. The molecule has 0 unspecified atom stereocenters. The minimum atomic E-state index is -0.222. The van der Waals surface area contributed by atoms with Crippen molar-refractivity contribution in [1.82, 2.24) is 10.2 Å². The van der Waals surface area contributed by atoms with Crippen LogP contribution in [0.5, 0.6) is 0 Å². The number of carbonyl (C=O) groups excluding carboxylic acids is 1. The Morgan fingerprint density at radius 3 is 3.00 bits per heavy atom. The topological polar surface area (TPSA) is 41.6 Å². The highest BCUT2D eigenvalue weighted by atomic mass is 16.6. The maximum Gasteiger partial charge on any atom is 0.410 e. The van der Waals surface area contributed by atoms with Crippen molar-refractivity contribution in [1.29, 1.82) is 0 Å². The third kappa shape index (κ3) is 1.39. The van der Waals surface area contributed by atoms with Crippen LogP contribution in [-0.2, 0) is 4.74 Å². The number of hydrogen-bond donors (Lipinski definition) is 1. The van der Waals surface area contributed by atoms with Crippen molar-refractivity contribution < 1.29 is 9.53 Å². The molecule has 1 aliphatic rings. The van der Waals surface area contributed by atoms with E-state index in [1.54, 1.807) is 11.9 Å². The van der Waals surface area contributed by atoms with E-state index in [0.717, 1.165) is 6.54 Å². The summed E-state index contributed by atoms with van der Waals surface area (Å²) in [6.45, 7) is 1.43. The fraction of sp³-hybridized carbons (Fsp3) is 0.833. The largest absolute Gasteiger partial charge is 0.443 e. The molecule has 10 heavy (non-hydrogen) atoms. The van der Waals surface area contributed by atoms with Crippen LogP contribution in [0.15, 0.2) is 0 Å². The number of ether oxygens (including phenoxy) is 1. The SMILES string of the molecule is CNC[C@H]1CN(C)C(=O)O1. The second kappa shape index (κ2) is 2.88. The van der Waals surface area contributed by atoms with Crippen LogP contribution in [0.25, 0.3) is 0 Å². The average Bonchev–Trinajstić information content (AvgIpc) is 2.14. The Kier molecular flexibility index (Phi) is 2.11. The van der Waals surface area contributed by atoms with Crippen molar-refractivity contribution in [2.75, 3.05) is 27.2 Å². The molecule has 1 N–H and O–H groups in total. The van der Waals surface area contributed by atoms with Gasteiger partial charge in [-0.1, -0.05) is 0 Å². The summed E-state index contributed by atoms with van der Waals surface area (Å²) in [6.07, 6.45) is -0.192. The van der Waals surface area contributed by atoms with E-state index in [2.05, 4.69) is 5.32 Å². The molecule has 0 aromatic heterocycles. The highest BCUT2D eigenvalue weighted by molar-refractivity contribution is 5.69. The fourth-order valence-electron chi connectivity index (χ4n) is 0.984. The Bertz CT molecular complexity index is 138. The molecule has 0 radical (unpaired) electrons. The number of likely N-dealkylation sites (N-methyl/N-ethyl adjacent to an activating group) is 2. The van der Waals surface area contributed by atoms with Gasteiger partial charge in [-0.25, -0.2) is 4.79 Å². The quantitative estimate of drug-likeness (QED) is 0.576. The van der Waals surface area contributed by atoms with Crippen LogP contribution in [0, 0.1) is 0 Å². The van der Waals surface area contributed by atoms with E-state index in [0.29, 0.717) is 6.54 Å². The molecule has 1 atom stereocenters. The summed E-state index contributed by atoms with van der Waals surface area (Å²) in [5.74, 6) is 0. The standard InChI is InChI=1S/C6H12N2O2/c1-7-3-5-4-8(2)6(9)10-5/h5,7H,3-4H2,1-2H3/t5-/m0/s1. The highest BCUT2D eigenvalue weighted by Crippen LogP contribution is 2.06. The number of nitrogens with zero attached hydrogens (tertiary/aromatic N) is 1. The van der Waals surface area contributed by atoms with Gasteiger partial charge in [-0.2, -0.15) is 0 Å². The fourth-order valence-corrected chi connectivity index (χ4v) is 0.984. The van der Waals surface area contributed by atoms with Gasteiger partial charge in [-0.15, -0.1) is 0 Å². The van der Waals surface area contributed by atoms with Crippen molar-refractivity contribution in [2.45, 2.75) is 6.10 Å². The second-order valence-corrected chi connectivity index (χ2v) is 2.44. The number of hydrogen-bond acceptors (Lipinski definition) is 3. The van der Waals surface area contributed by atoms with Crippen LogP contribution in [0.1, 0.15) is 0 Å². The van der Waals surface area contributed by atoms with E-state index in [-0.39, 0.29) is 12.2 Å². The van der Waals surface area contributed by atoms with E-state index in [4.69, 9.17) is 4.74 Å². The van der Waals surface area contributed by atoms with Gasteiger partial charge in [0.1, 0.15) is 6.10 Å². The van der Waals surface area contributed by atoms with Crippen molar-refractivity contribution in [2.24, 2.45) is 0 Å². The van der Waals surface area contributed by atoms with Crippen LogP contribution in [-0.4, -0.2) is 44.3 Å². The summed E-state index contributed by atoms with van der Waals surface area (Å²) in [6, 6.07) is 0. The molecule has 4 nitrogen and oxygen atoms in total. The summed E-state index contributed by atoms with van der Waals surface area (Å²) < 4.78 is 4.94. The van der Waals surface area contributed by atoms with Gasteiger partial charge in [0.15, 0.2) is 0 Å². The molecule has 58 valence electrons. The van der Waals surface area contributed by atoms with Gasteiger partial charge in [0, 0.05) is 13.6 Å². The zero-order valence-corrected chi connectivity index (χ0v) is 6.26. The second-order valence-electron chi connectivity index (χ2n) is 2.44. The van der Waals surface area contributed by atoms with E-state index >= 15 is 0 Å². The Balaban J connectivity index is 2.34. The van der Waals surface area contributed by atoms with E-state index in [1.165, 1.54) is 0 Å². The van der Waals surface area contributed by atoms with Gasteiger partial charge in [0.2, 0.25) is 0 Å². The molecule has 1 fully saturated rings. The molecule has 0 bridgehead atoms. The smallest absolute Gasteiger partial charge is 0.410 e. The van der Waals surface area contributed by atoms with Gasteiger partial charge in [-0.3, -0.25) is 0 Å². The molecule has 0 aromatic rings. The Hall–Kier alpha value is -0.770. The third-order valence-corrected chi connectivity index (χ3v) is 1.49. The van der Waals surface area contributed by atoms with Gasteiger partial charge >= 0.3 is 6.09 Å². The summed E-state index contributed by atoms with van der Waals surface area (Å²) in [4.78, 5) is 12.3. The summed E-state index contributed by atoms with van der Waals surface area (Å²) in [7, 11) is 3.57. The lowest BCUT2D eigenvalue weighted by molar-refractivity contribution is 0.134. The molecule has 1 rings (SSSR count). The monoisotopic (exact) mass is 144 g/mol. The number of rotatable bonds is 2. The zero-order chi connectivity index (χ0) is 7.56. The number of cyclic esters (lactones) is 1. The summed E-state index contributed by atoms with van der Waals surface area (Å²) in [5, 5.41) is 2.95. The van der Waals surface area contributed by atoms with Gasteiger partial charge in [0.05, 0.1) is 6.54 Å². The van der Waals surface area contributed by atoms with Gasteiger partial charge in [0.25, 0.3) is 0 Å². The molecular weight excluding hydrogens is 132 g/mol. The number of amides is 1. The molecule has 0 aromatic carbocycles. The normalized spacial score (nSPS) is 25.2. The molecule has 1 aliphatic heterocycles. The highest BCUT2D eigenvalue weighted by Gasteiger charge is 2.26. The van der Waals surface area contributed by atoms with Gasteiger partial charge in [-0.05, 0) is 7.05 Å². The maximum absolute atomic E-state index is 10.7. The Labute approximate surface area is 60.1 Å². The Morgan fingerprint density at radius 2 is 2.60 bits per heavy atom. The summed E-state index contributed by atoms with van der Waals surface area (Å²) in [5.41, 5.74) is 0. The predicted molar refractivity (Wildman–Crippen MR) is 36.8 cm³/mol. The van der Waals surface area contributed by atoms with Crippen LogP contribution < -0.4 is 5.32 Å². The Morgan fingerprint density at radius 1 is 1.90 bits per heavy atom. The minimum Gasteiger partial charge on any atom is -0.443 e. The van der Waals surface area contributed by atoms with E-state index in [9.17, 15) is 4.79 Å². The molecule has 0 spiro atoms. The van der Waals surface area contributed by atoms with Crippen molar-refractivity contribution in [3.8, 4) is 0 Å². The van der Waals surface area contributed by atoms with Crippen LogP contribution in [0.3, 0.4) is 0 Å². The van der Waals surface area contributed by atoms with E-state index in [1.807, 2.05) is 7.05 Å². The summed E-state index contributed by atoms with van der Waals surface area (Å²) >= 11 is 0. The molecule has 1 heterocycles. The van der Waals surface area contributed by atoms with Crippen molar-refractivity contribution in [3.63, 3.8) is 0 Å². The van der Waals surface area contributed by atoms with E-state index < -0.39 is 0 Å². The lowest BCUT2D eigenvalue weighted by Gasteiger charge is -2.04. The number of nitrogens with one attached hydrogen (secondary N) is 1. The lowest BCUT2D eigenvalue weighted by atomic mass is 10.3. The first-order chi connectivity index (χ1) is 4.74. The first kappa shape index (κ1) is 7.34. The molecular formula is C6H12N2O2. The maximum atomic E-state index is 10.7. The van der Waals surface area contributed by atoms with Crippen LogP contribution >= 0.6 is 0 Å². The van der Waals surface area contributed by atoms with Crippen molar-refractivity contribution >= 4 is 6.09 Å². The molecule has 1 saturated heterocycles. The van der Waals surface area contributed by atoms with Crippen LogP contribution in [0.2, 0.25) is 0 Å². The van der Waals surface area contributed by atoms with Crippen molar-refractivity contribution in [3.05, 3.63) is 0 Å². The van der Waals surface area contributed by atoms with Crippen LogP contribution in [0.4, 0.5) is 4.79 Å². The molecule has 0 aliphatic carbocycles. The first-order valence-corrected chi connectivity index (χ1v) is 3.30. The third-order valence-electron chi connectivity index (χ3n) is 1.49. The average molecular weight is 144 g/mol. The lowest BCUT2D eigenvalue weighted by Crippen LogP contribution is -2.27. The molecule has 4 heteroatoms. The molecule has 0 saturated carbocycles. The first-order valence-electron chi connectivity index (χ1n) is 3.30. The minimum absolute atomic E-state index is 0.0301. The molecule has 1 amide bonds. The predicted octanol–water partition coefficient (Wildman–Crippen LogP) is -0.344. The van der Waals surface area contributed by atoms with Gasteiger partial charge < -0.3 is 15.0 Å².